The maximum Gasteiger partial charge on any atom is 0.274 e. The van der Waals surface area contributed by atoms with Gasteiger partial charge in [-0.25, -0.2) is 17.6 Å². The summed E-state index contributed by atoms with van der Waals surface area (Å²) in [5.74, 6) is -6.31. The summed E-state index contributed by atoms with van der Waals surface area (Å²) in [6.45, 7) is 0.580. The lowest BCUT2D eigenvalue weighted by Crippen LogP contribution is -2.48. The predicted octanol–water partition coefficient (Wildman–Crippen LogP) is 2.50. The molecular formula is C21H21F4N3O4. The minimum atomic E-state index is -1.21. The normalized spacial score (nSPS) is 14.3. The van der Waals surface area contributed by atoms with Gasteiger partial charge in [0.25, 0.3) is 11.8 Å². The molecule has 172 valence electrons. The summed E-state index contributed by atoms with van der Waals surface area (Å²) < 4.78 is 55.1. The molecule has 0 fully saturated rings. The van der Waals surface area contributed by atoms with Crippen LogP contribution in [0.15, 0.2) is 23.1 Å². The van der Waals surface area contributed by atoms with Crippen molar-refractivity contribution in [3.05, 3.63) is 62.8 Å². The Morgan fingerprint density at radius 2 is 1.84 bits per heavy atom. The van der Waals surface area contributed by atoms with Crippen LogP contribution in [0.25, 0.3) is 0 Å². The smallest absolute Gasteiger partial charge is 0.274 e. The number of aromatic nitrogens is 1. The van der Waals surface area contributed by atoms with Crippen LogP contribution in [0.3, 0.4) is 0 Å². The van der Waals surface area contributed by atoms with Gasteiger partial charge < -0.3 is 19.9 Å². The molecule has 0 saturated heterocycles. The molecule has 1 aromatic carbocycles. The Hall–Kier alpha value is -3.37. The number of halogens is 4. The third kappa shape index (κ3) is 4.32. The molecule has 0 bridgehead atoms. The molecule has 3 rings (SSSR count). The molecule has 0 aliphatic carbocycles. The molecule has 32 heavy (non-hydrogen) atoms. The fraction of sp³-hybridized carbons (Fsp3) is 0.381. The van der Waals surface area contributed by atoms with Crippen LogP contribution in [0.5, 0.6) is 5.75 Å². The van der Waals surface area contributed by atoms with Crippen LogP contribution in [-0.2, 0) is 13.1 Å². The first-order valence-electron chi connectivity index (χ1n) is 9.94. The van der Waals surface area contributed by atoms with Crippen LogP contribution < -0.4 is 10.7 Å². The molecule has 1 aliphatic heterocycles. The van der Waals surface area contributed by atoms with E-state index in [9.17, 15) is 37.1 Å². The Morgan fingerprint density at radius 3 is 2.44 bits per heavy atom. The van der Waals surface area contributed by atoms with Gasteiger partial charge in [0, 0.05) is 43.5 Å². The highest BCUT2D eigenvalue weighted by Crippen LogP contribution is 2.23. The van der Waals surface area contributed by atoms with E-state index in [1.807, 2.05) is 6.92 Å². The maximum absolute atomic E-state index is 13.8. The second kappa shape index (κ2) is 9.41. The van der Waals surface area contributed by atoms with Crippen LogP contribution in [0, 0.1) is 17.5 Å². The SMILES string of the molecule is CCCC(CF)N1CCn2cc(C(=O)NCc3c(F)cc(F)cc3F)c(=O)c(O)c2C1=O. The number of nitrogens with one attached hydrogen (secondary N) is 1. The molecule has 7 nitrogen and oxygen atoms in total. The molecule has 0 spiro atoms. The number of hydrogen-bond donors (Lipinski definition) is 2. The van der Waals surface area contributed by atoms with Crippen molar-refractivity contribution in [3.8, 4) is 5.75 Å². The number of nitrogens with zero attached hydrogens (tertiary/aromatic N) is 2. The molecule has 2 aromatic rings. The zero-order chi connectivity index (χ0) is 23.6. The van der Waals surface area contributed by atoms with Crippen molar-refractivity contribution in [2.24, 2.45) is 0 Å². The number of fused-ring (bicyclic) bond motifs is 1. The first kappa shape index (κ1) is 23.3. The van der Waals surface area contributed by atoms with E-state index in [2.05, 4.69) is 5.32 Å². The summed E-state index contributed by atoms with van der Waals surface area (Å²) in [6.07, 6.45) is 2.10. The molecule has 1 unspecified atom stereocenters. The van der Waals surface area contributed by atoms with Gasteiger partial charge in [0.1, 0.15) is 29.7 Å². The molecular weight excluding hydrogens is 434 g/mol. The van der Waals surface area contributed by atoms with Gasteiger partial charge in [-0.1, -0.05) is 13.3 Å². The molecule has 1 atom stereocenters. The first-order valence-corrected chi connectivity index (χ1v) is 9.94. The van der Waals surface area contributed by atoms with E-state index in [1.165, 1.54) is 9.47 Å². The number of carbonyl (C=O) groups excluding carboxylic acids is 2. The highest BCUT2D eigenvalue weighted by atomic mass is 19.1. The third-order valence-electron chi connectivity index (χ3n) is 5.32. The number of rotatable bonds is 7. The van der Waals surface area contributed by atoms with Crippen LogP contribution in [0.4, 0.5) is 17.6 Å². The van der Waals surface area contributed by atoms with E-state index in [-0.39, 0.29) is 18.8 Å². The van der Waals surface area contributed by atoms with Gasteiger partial charge in [-0.3, -0.25) is 14.4 Å². The van der Waals surface area contributed by atoms with Gasteiger partial charge in [0.05, 0.1) is 6.04 Å². The van der Waals surface area contributed by atoms with E-state index in [4.69, 9.17) is 0 Å². The van der Waals surface area contributed by atoms with Crippen LogP contribution in [0.2, 0.25) is 0 Å². The topological polar surface area (TPSA) is 91.6 Å². The Labute approximate surface area is 180 Å². The Kier molecular flexibility index (Phi) is 6.85. The maximum atomic E-state index is 13.8. The molecule has 2 N–H and O–H groups in total. The molecule has 11 heteroatoms. The average Bonchev–Trinajstić information content (AvgIpc) is 2.74. The molecule has 1 aliphatic rings. The van der Waals surface area contributed by atoms with E-state index >= 15 is 0 Å². The van der Waals surface area contributed by atoms with Gasteiger partial charge in [-0.05, 0) is 6.42 Å². The van der Waals surface area contributed by atoms with Crippen LogP contribution in [0.1, 0.15) is 46.2 Å². The second-order valence-corrected chi connectivity index (χ2v) is 7.39. The van der Waals surface area contributed by atoms with Crippen molar-refractivity contribution in [1.29, 1.82) is 0 Å². The molecule has 1 aromatic heterocycles. The largest absolute Gasteiger partial charge is 0.503 e. The quantitative estimate of drug-likeness (QED) is 0.628. The van der Waals surface area contributed by atoms with Crippen molar-refractivity contribution >= 4 is 11.8 Å². The average molecular weight is 455 g/mol. The predicted molar refractivity (Wildman–Crippen MR) is 106 cm³/mol. The Bertz CT molecular complexity index is 1100. The summed E-state index contributed by atoms with van der Waals surface area (Å²) >= 11 is 0. The standard InChI is InChI=1S/C21H21F4N3O4/c1-2-3-12(8-22)28-5-4-27-10-14(18(29)19(30)17(27)21(28)32)20(31)26-9-13-15(24)6-11(23)7-16(13)25/h6-7,10,12,30H,2-5,8-9H2,1H3,(H,26,31). The highest BCUT2D eigenvalue weighted by Gasteiger charge is 2.34. The molecule has 0 saturated carbocycles. The van der Waals surface area contributed by atoms with Crippen molar-refractivity contribution in [2.75, 3.05) is 13.2 Å². The lowest BCUT2D eigenvalue weighted by molar-refractivity contribution is 0.0564. The zero-order valence-electron chi connectivity index (χ0n) is 17.1. The van der Waals surface area contributed by atoms with Gasteiger partial charge in [-0.2, -0.15) is 0 Å². The van der Waals surface area contributed by atoms with Crippen LogP contribution in [-0.4, -0.2) is 45.6 Å². The van der Waals surface area contributed by atoms with Gasteiger partial charge >= 0.3 is 0 Å². The Balaban J connectivity index is 1.87. The summed E-state index contributed by atoms with van der Waals surface area (Å²) in [7, 11) is 0. The number of carbonyl (C=O) groups is 2. The minimum Gasteiger partial charge on any atom is -0.503 e. The van der Waals surface area contributed by atoms with Gasteiger partial charge in [0.15, 0.2) is 11.4 Å². The number of benzene rings is 1. The van der Waals surface area contributed by atoms with E-state index in [0.717, 1.165) is 6.20 Å². The number of alkyl halides is 1. The second-order valence-electron chi connectivity index (χ2n) is 7.39. The summed E-state index contributed by atoms with van der Waals surface area (Å²) in [4.78, 5) is 39.0. The van der Waals surface area contributed by atoms with Gasteiger partial charge in [0.2, 0.25) is 5.43 Å². The van der Waals surface area contributed by atoms with Crippen molar-refractivity contribution in [1.82, 2.24) is 14.8 Å². The number of amides is 2. The number of hydrogen-bond acceptors (Lipinski definition) is 4. The highest BCUT2D eigenvalue weighted by molar-refractivity contribution is 5.99. The van der Waals surface area contributed by atoms with E-state index in [1.54, 1.807) is 0 Å². The minimum absolute atomic E-state index is 0.0939. The first-order chi connectivity index (χ1) is 15.2. The monoisotopic (exact) mass is 455 g/mol. The number of pyridine rings is 1. The van der Waals surface area contributed by atoms with Crippen molar-refractivity contribution in [2.45, 2.75) is 38.9 Å². The third-order valence-corrected chi connectivity index (χ3v) is 5.32. The van der Waals surface area contributed by atoms with Crippen molar-refractivity contribution in [3.63, 3.8) is 0 Å². The molecule has 2 amide bonds. The zero-order valence-corrected chi connectivity index (χ0v) is 17.1. The Morgan fingerprint density at radius 1 is 1.19 bits per heavy atom. The summed E-state index contributed by atoms with van der Waals surface area (Å²) in [6, 6.07) is 0.203. The van der Waals surface area contributed by atoms with E-state index in [0.29, 0.717) is 25.0 Å². The van der Waals surface area contributed by atoms with Crippen LogP contribution >= 0.6 is 0 Å². The lowest BCUT2D eigenvalue weighted by Gasteiger charge is -2.35. The van der Waals surface area contributed by atoms with E-state index < -0.39 is 70.8 Å². The fourth-order valence-electron chi connectivity index (χ4n) is 3.67. The molecule has 2 heterocycles. The molecule has 0 radical (unpaired) electrons. The fourth-order valence-corrected chi connectivity index (χ4v) is 3.67. The van der Waals surface area contributed by atoms with Gasteiger partial charge in [-0.15, -0.1) is 0 Å². The van der Waals surface area contributed by atoms with Crippen molar-refractivity contribution < 1.29 is 32.3 Å². The lowest BCUT2D eigenvalue weighted by atomic mass is 10.1. The summed E-state index contributed by atoms with van der Waals surface area (Å²) in [5, 5.41) is 12.5. The summed E-state index contributed by atoms with van der Waals surface area (Å²) in [5.41, 5.74) is -2.67. The number of aromatic hydroxyl groups is 1.